The molecular weight excluding hydrogens is 526 g/mol. The number of hydrogen-bond acceptors (Lipinski definition) is 7. The highest BCUT2D eigenvalue weighted by molar-refractivity contribution is 5.98. The molecule has 0 radical (unpaired) electrons. The lowest BCUT2D eigenvalue weighted by Crippen LogP contribution is -2.29. The fourth-order valence-corrected chi connectivity index (χ4v) is 4.55. The van der Waals surface area contributed by atoms with E-state index in [1.54, 1.807) is 53.0 Å². The molecule has 0 spiro atoms. The van der Waals surface area contributed by atoms with Crippen LogP contribution in [0.4, 0.5) is 5.69 Å². The Labute approximate surface area is 235 Å². The van der Waals surface area contributed by atoms with Crippen LogP contribution in [0.3, 0.4) is 0 Å². The van der Waals surface area contributed by atoms with Crippen molar-refractivity contribution in [2.24, 2.45) is 22.2 Å². The van der Waals surface area contributed by atoms with E-state index in [1.165, 1.54) is 12.1 Å². The predicted molar refractivity (Wildman–Crippen MR) is 155 cm³/mol. The lowest BCUT2D eigenvalue weighted by Gasteiger charge is -2.19. The lowest BCUT2D eigenvalue weighted by molar-refractivity contribution is -0.384. The molecule has 1 atom stereocenters. The molecule has 2 heterocycles. The molecule has 13 heteroatoms. The molecule has 0 unspecified atom stereocenters. The van der Waals surface area contributed by atoms with E-state index in [1.807, 2.05) is 18.2 Å². The number of pyridine rings is 1. The number of carbonyl (C=O) groups is 2. The maximum Gasteiger partial charge on any atom is 0.270 e. The minimum absolute atomic E-state index is 0.0619. The zero-order chi connectivity index (χ0) is 29.5. The van der Waals surface area contributed by atoms with Crippen LogP contribution in [0.25, 0.3) is 22.4 Å². The Balaban J connectivity index is 1.73. The number of aromatic nitrogens is 3. The van der Waals surface area contributed by atoms with Gasteiger partial charge in [0.15, 0.2) is 5.96 Å². The highest BCUT2D eigenvalue weighted by Crippen LogP contribution is 2.32. The summed E-state index contributed by atoms with van der Waals surface area (Å²) in [5.74, 6) is -0.580. The van der Waals surface area contributed by atoms with Gasteiger partial charge in [0.2, 0.25) is 5.91 Å². The number of likely N-dealkylation sites (N-methyl/N-ethyl adjacent to an activating group) is 1. The summed E-state index contributed by atoms with van der Waals surface area (Å²) in [5, 5.41) is 11.5. The van der Waals surface area contributed by atoms with E-state index in [9.17, 15) is 19.7 Å². The van der Waals surface area contributed by atoms with Crippen molar-refractivity contribution in [3.05, 3.63) is 88.2 Å². The molecule has 0 saturated heterocycles. The number of non-ortho nitro benzene ring substituents is 1. The van der Waals surface area contributed by atoms with E-state index in [2.05, 4.69) is 9.98 Å². The van der Waals surface area contributed by atoms with Gasteiger partial charge in [0.05, 0.1) is 16.0 Å². The summed E-state index contributed by atoms with van der Waals surface area (Å²) in [5.41, 5.74) is 19.2. The van der Waals surface area contributed by atoms with Gasteiger partial charge in [-0.1, -0.05) is 18.2 Å². The summed E-state index contributed by atoms with van der Waals surface area (Å²) < 4.78 is 1.66. The fraction of sp³-hybridized carbons (Fsp3) is 0.250. The van der Waals surface area contributed by atoms with Crippen molar-refractivity contribution >= 4 is 34.5 Å². The average Bonchev–Trinajstić information content (AvgIpc) is 3.34. The first-order valence-corrected chi connectivity index (χ1v) is 12.9. The Hall–Kier alpha value is -5.33. The summed E-state index contributed by atoms with van der Waals surface area (Å²) in [7, 11) is 1.71. The van der Waals surface area contributed by atoms with Gasteiger partial charge in [0.25, 0.3) is 11.6 Å². The molecule has 13 nitrogen and oxygen atoms in total. The quantitative estimate of drug-likeness (QED) is 0.0774. The highest BCUT2D eigenvalue weighted by atomic mass is 16.6. The summed E-state index contributed by atoms with van der Waals surface area (Å²) in [6, 6.07) is 15.7. The number of hydrogen-bond donors (Lipinski definition) is 3. The van der Waals surface area contributed by atoms with Crippen LogP contribution in [0.5, 0.6) is 0 Å². The van der Waals surface area contributed by atoms with Crippen molar-refractivity contribution < 1.29 is 14.5 Å². The van der Waals surface area contributed by atoms with Gasteiger partial charge in [0, 0.05) is 61.7 Å². The van der Waals surface area contributed by atoms with Crippen molar-refractivity contribution in [3.63, 3.8) is 0 Å². The Morgan fingerprint density at radius 3 is 2.59 bits per heavy atom. The van der Waals surface area contributed by atoms with Gasteiger partial charge in [-0.2, -0.15) is 0 Å². The van der Waals surface area contributed by atoms with Crippen LogP contribution in [-0.2, 0) is 11.2 Å². The van der Waals surface area contributed by atoms with Crippen molar-refractivity contribution in [1.82, 2.24) is 19.4 Å². The molecule has 0 aliphatic rings. The van der Waals surface area contributed by atoms with Crippen molar-refractivity contribution in [2.45, 2.75) is 25.3 Å². The molecule has 0 saturated carbocycles. The molecule has 0 aliphatic carbocycles. The Bertz CT molecular complexity index is 1600. The van der Waals surface area contributed by atoms with Crippen LogP contribution in [0, 0.1) is 10.1 Å². The maximum atomic E-state index is 13.3. The van der Waals surface area contributed by atoms with E-state index < -0.39 is 16.9 Å². The number of carbonyl (C=O) groups excluding carboxylic acids is 2. The number of nitro benzene ring substituents is 1. The third-order valence-electron chi connectivity index (χ3n) is 6.60. The van der Waals surface area contributed by atoms with Crippen LogP contribution in [0.1, 0.15) is 34.9 Å². The number of benzene rings is 2. The minimum atomic E-state index is -0.856. The lowest BCUT2D eigenvalue weighted by atomic mass is 10.1. The zero-order valence-corrected chi connectivity index (χ0v) is 22.5. The number of imidazole rings is 1. The highest BCUT2D eigenvalue weighted by Gasteiger charge is 2.26. The number of nitro groups is 1. The van der Waals surface area contributed by atoms with Crippen LogP contribution in [0.15, 0.2) is 71.9 Å². The zero-order valence-electron chi connectivity index (χ0n) is 22.5. The standard InChI is InChI=1S/C28H31N9O4/c1-35(15-12-20-7-2-3-13-32-20)27(39)19-10-11-23-22(17-19)34-26(18-6-4-8-21(16-18)37(40)41)36(23)24(25(29)38)9-5-14-33-28(30)31/h2-4,6-8,10-11,13,16-17,24H,5,9,12,14-15H2,1H3,(H2,29,38)(H4,30,31,33)/t24-/m1/s1. The number of primary amides is 1. The number of nitrogens with zero attached hydrogens (tertiary/aromatic N) is 6. The average molecular weight is 558 g/mol. The molecule has 0 bridgehead atoms. The molecule has 4 rings (SSSR count). The van der Waals surface area contributed by atoms with Crippen LogP contribution in [-0.4, -0.2) is 62.3 Å². The number of rotatable bonds is 12. The van der Waals surface area contributed by atoms with Gasteiger partial charge >= 0.3 is 0 Å². The number of nitrogens with two attached hydrogens (primary N) is 3. The number of amides is 2. The van der Waals surface area contributed by atoms with Gasteiger partial charge in [0.1, 0.15) is 11.9 Å². The topological polar surface area (TPSA) is 202 Å². The summed E-state index contributed by atoms with van der Waals surface area (Å²) in [6.45, 7) is 0.745. The Morgan fingerprint density at radius 1 is 1.10 bits per heavy atom. The van der Waals surface area contributed by atoms with Gasteiger partial charge in [-0.3, -0.25) is 29.7 Å². The normalized spacial score (nSPS) is 11.6. The largest absolute Gasteiger partial charge is 0.370 e. The molecule has 0 fully saturated rings. The smallest absolute Gasteiger partial charge is 0.270 e. The molecule has 2 aromatic heterocycles. The second-order valence-electron chi connectivity index (χ2n) is 9.48. The van der Waals surface area contributed by atoms with E-state index in [4.69, 9.17) is 22.2 Å². The molecule has 2 aromatic carbocycles. The minimum Gasteiger partial charge on any atom is -0.370 e. The molecule has 2 amide bonds. The summed E-state index contributed by atoms with van der Waals surface area (Å²) >= 11 is 0. The number of fused-ring (bicyclic) bond motifs is 1. The van der Waals surface area contributed by atoms with E-state index in [0.717, 1.165) is 5.69 Å². The second kappa shape index (κ2) is 12.7. The summed E-state index contributed by atoms with van der Waals surface area (Å²) in [6.07, 6.45) is 3.03. The molecule has 6 N–H and O–H groups in total. The monoisotopic (exact) mass is 557 g/mol. The first-order chi connectivity index (χ1) is 19.7. The summed E-state index contributed by atoms with van der Waals surface area (Å²) in [4.78, 5) is 51.5. The maximum absolute atomic E-state index is 13.3. The first-order valence-electron chi connectivity index (χ1n) is 12.9. The third-order valence-corrected chi connectivity index (χ3v) is 6.60. The molecule has 0 aliphatic heterocycles. The first kappa shape index (κ1) is 28.7. The van der Waals surface area contributed by atoms with Crippen LogP contribution < -0.4 is 17.2 Å². The van der Waals surface area contributed by atoms with Gasteiger partial charge < -0.3 is 26.7 Å². The van der Waals surface area contributed by atoms with E-state index >= 15 is 0 Å². The number of guanidine groups is 1. The van der Waals surface area contributed by atoms with E-state index in [0.29, 0.717) is 47.4 Å². The van der Waals surface area contributed by atoms with Crippen molar-refractivity contribution in [3.8, 4) is 11.4 Å². The molecule has 41 heavy (non-hydrogen) atoms. The number of aliphatic imine (C=N–C) groups is 1. The van der Waals surface area contributed by atoms with Gasteiger partial charge in [-0.15, -0.1) is 0 Å². The molecule has 4 aromatic rings. The van der Waals surface area contributed by atoms with Crippen molar-refractivity contribution in [2.75, 3.05) is 20.1 Å². The SMILES string of the molecule is CN(CCc1ccccn1)C(=O)c1ccc2c(c1)nc(-c1cccc([N+](=O)[O-])c1)n2[C@H](CCCN=C(N)N)C(N)=O. The predicted octanol–water partition coefficient (Wildman–Crippen LogP) is 2.40. The fourth-order valence-electron chi connectivity index (χ4n) is 4.55. The Kier molecular flexibility index (Phi) is 8.87. The van der Waals surface area contributed by atoms with Crippen LogP contribution >= 0.6 is 0 Å². The van der Waals surface area contributed by atoms with Gasteiger partial charge in [-0.05, 0) is 43.2 Å². The Morgan fingerprint density at radius 2 is 1.90 bits per heavy atom. The third kappa shape index (κ3) is 6.82. The van der Waals surface area contributed by atoms with Crippen LogP contribution in [0.2, 0.25) is 0 Å². The van der Waals surface area contributed by atoms with Gasteiger partial charge in [-0.25, -0.2) is 4.98 Å². The molecule has 212 valence electrons. The van der Waals surface area contributed by atoms with E-state index in [-0.39, 0.29) is 30.5 Å². The second-order valence-corrected chi connectivity index (χ2v) is 9.48. The molecular formula is C28H31N9O4. The van der Waals surface area contributed by atoms with Crippen molar-refractivity contribution in [1.29, 1.82) is 0 Å².